The Hall–Kier alpha value is -3.40. The number of furan rings is 1. The van der Waals surface area contributed by atoms with E-state index >= 15 is 0 Å². The molecule has 4 rings (SSSR count). The minimum absolute atomic E-state index is 0.134. The predicted octanol–water partition coefficient (Wildman–Crippen LogP) is 4.80. The molecule has 8 nitrogen and oxygen atoms in total. The molecule has 9 heteroatoms. The summed E-state index contributed by atoms with van der Waals surface area (Å²) in [6.45, 7) is 0.698. The van der Waals surface area contributed by atoms with Crippen molar-refractivity contribution in [2.45, 2.75) is 12.6 Å². The number of hydrogen-bond acceptors (Lipinski definition) is 7. The van der Waals surface area contributed by atoms with E-state index in [1.807, 2.05) is 54.6 Å². The molecule has 176 valence electrons. The number of hydrogen-bond donors (Lipinski definition) is 2. The highest BCUT2D eigenvalue weighted by atomic mass is 79.9. The van der Waals surface area contributed by atoms with E-state index in [0.717, 1.165) is 22.3 Å². The van der Waals surface area contributed by atoms with Gasteiger partial charge in [0.05, 0.1) is 31.3 Å². The van der Waals surface area contributed by atoms with E-state index < -0.39 is 5.91 Å². The van der Waals surface area contributed by atoms with E-state index in [4.69, 9.17) is 18.7 Å². The number of para-hydroxylation sites is 1. The first-order valence-electron chi connectivity index (χ1n) is 10.5. The molecular weight excluding hydrogens is 502 g/mol. The lowest BCUT2D eigenvalue weighted by molar-refractivity contribution is 0.0193. The molecule has 0 saturated heterocycles. The van der Waals surface area contributed by atoms with Crippen LogP contribution in [0.5, 0.6) is 11.6 Å². The zero-order valence-corrected chi connectivity index (χ0v) is 20.3. The molecule has 0 fully saturated rings. The van der Waals surface area contributed by atoms with E-state index in [2.05, 4.69) is 31.7 Å². The number of hydroxylamine groups is 1. The number of fused-ring (bicyclic) bond motifs is 1. The van der Waals surface area contributed by atoms with Gasteiger partial charge < -0.3 is 19.2 Å². The number of nitrogens with one attached hydrogen (secondary N) is 2. The fourth-order valence-corrected chi connectivity index (χ4v) is 3.72. The second-order valence-electron chi connectivity index (χ2n) is 7.40. The van der Waals surface area contributed by atoms with Gasteiger partial charge in [-0.05, 0) is 57.9 Å². The van der Waals surface area contributed by atoms with Crippen molar-refractivity contribution in [1.29, 1.82) is 0 Å². The number of amides is 1. The lowest BCUT2D eigenvalue weighted by Gasteiger charge is -2.17. The van der Waals surface area contributed by atoms with Crippen LogP contribution < -0.4 is 20.3 Å². The number of rotatable bonds is 10. The van der Waals surface area contributed by atoms with E-state index in [9.17, 15) is 4.79 Å². The summed E-state index contributed by atoms with van der Waals surface area (Å²) in [4.78, 5) is 22.2. The molecule has 0 aliphatic carbocycles. The van der Waals surface area contributed by atoms with Gasteiger partial charge in [-0.3, -0.25) is 9.63 Å². The Bertz CT molecular complexity index is 1230. The van der Waals surface area contributed by atoms with Crippen LogP contribution in [-0.4, -0.2) is 31.7 Å². The molecule has 0 spiro atoms. The van der Waals surface area contributed by atoms with Gasteiger partial charge in [-0.2, -0.15) is 0 Å². The van der Waals surface area contributed by atoms with Crippen molar-refractivity contribution in [1.82, 2.24) is 15.8 Å². The van der Waals surface area contributed by atoms with Gasteiger partial charge in [0, 0.05) is 11.9 Å². The predicted molar refractivity (Wildman–Crippen MR) is 131 cm³/mol. The lowest BCUT2D eigenvalue weighted by Crippen LogP contribution is -2.31. The fourth-order valence-electron chi connectivity index (χ4n) is 3.34. The Labute approximate surface area is 205 Å². The van der Waals surface area contributed by atoms with Crippen molar-refractivity contribution in [3.05, 3.63) is 88.2 Å². The van der Waals surface area contributed by atoms with E-state index in [0.29, 0.717) is 22.7 Å². The normalized spacial score (nSPS) is 11.9. The van der Waals surface area contributed by atoms with Gasteiger partial charge in [-0.1, -0.05) is 30.3 Å². The molecule has 2 aromatic carbocycles. The maximum Gasteiger partial charge on any atom is 0.293 e. The number of ether oxygens (including phenoxy) is 2. The summed E-state index contributed by atoms with van der Waals surface area (Å²) in [6.07, 6.45) is 0. The maximum atomic E-state index is 12.5. The van der Waals surface area contributed by atoms with Crippen LogP contribution in [-0.2, 0) is 11.4 Å². The maximum absolute atomic E-state index is 12.5. The molecule has 0 bridgehead atoms. The van der Waals surface area contributed by atoms with Crippen molar-refractivity contribution in [3.8, 4) is 11.6 Å². The number of nitrogens with zero attached hydrogens (tertiary/aromatic N) is 1. The SMILES string of the molecule is COc1ccc(CN[C@H](CONC(=O)c2ccc(Br)c(OC)n2)c2cc3ccccc3o2)cc1. The summed E-state index contributed by atoms with van der Waals surface area (Å²) in [5.74, 6) is 1.33. The number of halogens is 1. The van der Waals surface area contributed by atoms with Crippen molar-refractivity contribution in [2.24, 2.45) is 0 Å². The third-order valence-electron chi connectivity index (χ3n) is 5.15. The van der Waals surface area contributed by atoms with Crippen LogP contribution in [0.25, 0.3) is 11.0 Å². The Balaban J connectivity index is 1.44. The third kappa shape index (κ3) is 5.74. The minimum atomic E-state index is -0.482. The molecule has 0 aliphatic heterocycles. The van der Waals surface area contributed by atoms with Crippen LogP contribution in [0.2, 0.25) is 0 Å². The number of pyridine rings is 1. The Kier molecular flexibility index (Phi) is 7.79. The first kappa shape index (κ1) is 23.7. The molecule has 0 saturated carbocycles. The highest BCUT2D eigenvalue weighted by Gasteiger charge is 2.18. The number of carbonyl (C=O) groups is 1. The molecule has 1 amide bonds. The summed E-state index contributed by atoms with van der Waals surface area (Å²) >= 11 is 3.32. The number of aromatic nitrogens is 1. The zero-order valence-electron chi connectivity index (χ0n) is 18.7. The monoisotopic (exact) mass is 525 g/mol. The average molecular weight is 526 g/mol. The van der Waals surface area contributed by atoms with Gasteiger partial charge in [0.2, 0.25) is 5.88 Å². The molecule has 2 aromatic heterocycles. The van der Waals surface area contributed by atoms with Crippen molar-refractivity contribution >= 4 is 32.8 Å². The van der Waals surface area contributed by atoms with Crippen LogP contribution in [0.4, 0.5) is 0 Å². The number of carbonyl (C=O) groups excluding carboxylic acids is 1. The van der Waals surface area contributed by atoms with Gasteiger partial charge >= 0.3 is 0 Å². The van der Waals surface area contributed by atoms with Crippen molar-refractivity contribution < 1.29 is 23.5 Å². The quantitative estimate of drug-likeness (QED) is 0.287. The smallest absolute Gasteiger partial charge is 0.293 e. The topological polar surface area (TPSA) is 94.8 Å². The Morgan fingerprint density at radius 1 is 1.06 bits per heavy atom. The third-order valence-corrected chi connectivity index (χ3v) is 5.76. The molecular formula is C25H24BrN3O5. The van der Waals surface area contributed by atoms with E-state index in [1.54, 1.807) is 19.2 Å². The second kappa shape index (κ2) is 11.1. The molecule has 0 aliphatic rings. The van der Waals surface area contributed by atoms with Gasteiger partial charge in [-0.15, -0.1) is 0 Å². The summed E-state index contributed by atoms with van der Waals surface area (Å²) in [7, 11) is 3.12. The number of benzene rings is 2. The van der Waals surface area contributed by atoms with Gasteiger partial charge in [0.1, 0.15) is 22.8 Å². The largest absolute Gasteiger partial charge is 0.497 e. The highest BCUT2D eigenvalue weighted by molar-refractivity contribution is 9.10. The molecule has 4 aromatic rings. The Morgan fingerprint density at radius 2 is 1.85 bits per heavy atom. The molecule has 0 unspecified atom stereocenters. The summed E-state index contributed by atoms with van der Waals surface area (Å²) < 4.78 is 17.0. The van der Waals surface area contributed by atoms with Crippen LogP contribution in [0, 0.1) is 0 Å². The minimum Gasteiger partial charge on any atom is -0.497 e. The molecule has 1 atom stereocenters. The molecule has 0 radical (unpaired) electrons. The van der Waals surface area contributed by atoms with Crippen molar-refractivity contribution in [3.63, 3.8) is 0 Å². The first-order valence-corrected chi connectivity index (χ1v) is 11.3. The van der Waals surface area contributed by atoms with Crippen LogP contribution in [0.1, 0.15) is 27.9 Å². The van der Waals surface area contributed by atoms with Crippen LogP contribution >= 0.6 is 15.9 Å². The number of methoxy groups -OCH3 is 2. The first-order chi connectivity index (χ1) is 16.6. The standard InChI is InChI=1S/C25H24BrN3O5/c1-31-18-9-7-16(8-10-18)14-27-21(23-13-17-5-3-4-6-22(17)34-23)15-33-29-24(30)20-12-11-19(26)25(28-20)32-2/h3-13,21,27H,14-15H2,1-2H3,(H,29,30)/t21-/m1/s1. The van der Waals surface area contributed by atoms with Gasteiger partial charge in [0.15, 0.2) is 0 Å². The van der Waals surface area contributed by atoms with Gasteiger partial charge in [0.25, 0.3) is 5.91 Å². The van der Waals surface area contributed by atoms with E-state index in [-0.39, 0.29) is 18.3 Å². The fraction of sp³-hybridized carbons (Fsp3) is 0.200. The average Bonchev–Trinajstić information content (AvgIpc) is 3.30. The Morgan fingerprint density at radius 3 is 2.59 bits per heavy atom. The lowest BCUT2D eigenvalue weighted by atomic mass is 10.1. The molecule has 2 N–H and O–H groups in total. The molecule has 2 heterocycles. The highest BCUT2D eigenvalue weighted by Crippen LogP contribution is 2.25. The molecule has 34 heavy (non-hydrogen) atoms. The second-order valence-corrected chi connectivity index (χ2v) is 8.25. The summed E-state index contributed by atoms with van der Waals surface area (Å²) in [6, 6.07) is 20.5. The van der Waals surface area contributed by atoms with Crippen molar-refractivity contribution in [2.75, 3.05) is 20.8 Å². The van der Waals surface area contributed by atoms with Crippen LogP contribution in [0.15, 0.2) is 75.6 Å². The summed E-state index contributed by atoms with van der Waals surface area (Å²) in [5.41, 5.74) is 4.47. The van der Waals surface area contributed by atoms with Crippen LogP contribution in [0.3, 0.4) is 0 Å². The van der Waals surface area contributed by atoms with Gasteiger partial charge in [-0.25, -0.2) is 10.5 Å². The zero-order chi connectivity index (χ0) is 23.9. The summed E-state index contributed by atoms with van der Waals surface area (Å²) in [5, 5.41) is 4.43. The van der Waals surface area contributed by atoms with E-state index in [1.165, 1.54) is 7.11 Å².